The van der Waals surface area contributed by atoms with Crippen LogP contribution in [0.15, 0.2) is 6.07 Å². The number of nitrogens with zero attached hydrogens (tertiary/aromatic N) is 2. The van der Waals surface area contributed by atoms with Gasteiger partial charge in [-0.2, -0.15) is 0 Å². The van der Waals surface area contributed by atoms with E-state index in [0.29, 0.717) is 23.7 Å². The van der Waals surface area contributed by atoms with Crippen LogP contribution in [0.4, 0.5) is 9.80 Å². The van der Waals surface area contributed by atoms with E-state index in [9.17, 15) is 14.4 Å². The Morgan fingerprint density at radius 1 is 1.28 bits per heavy atom. The molecule has 8 heteroatoms. The molecule has 1 fully saturated rings. The number of amides is 3. The molecule has 1 saturated heterocycles. The van der Waals surface area contributed by atoms with Gasteiger partial charge < -0.3 is 14.9 Å². The first-order chi connectivity index (χ1) is 11.4. The smallest absolute Gasteiger partial charge is 0.409 e. The molecule has 0 aliphatic carbocycles. The molecule has 0 aromatic carbocycles. The third kappa shape index (κ3) is 3.63. The van der Waals surface area contributed by atoms with E-state index in [4.69, 9.17) is 5.11 Å². The van der Waals surface area contributed by atoms with Crippen LogP contribution < -0.4 is 5.32 Å². The second-order valence-corrected chi connectivity index (χ2v) is 8.83. The molecule has 7 nitrogen and oxygen atoms in total. The summed E-state index contributed by atoms with van der Waals surface area (Å²) in [4.78, 5) is 40.7. The lowest BCUT2D eigenvalue weighted by molar-refractivity contribution is -0.144. The Labute approximate surface area is 151 Å². The predicted molar refractivity (Wildman–Crippen MR) is 97.4 cm³/mol. The van der Waals surface area contributed by atoms with Gasteiger partial charge in [0.1, 0.15) is 10.5 Å². The lowest BCUT2D eigenvalue weighted by atomic mass is 9.93. The number of thiophene rings is 1. The molecule has 2 rings (SSSR count). The van der Waals surface area contributed by atoms with Gasteiger partial charge in [-0.05, 0) is 25.3 Å². The van der Waals surface area contributed by atoms with Crippen LogP contribution in [0.25, 0.3) is 0 Å². The van der Waals surface area contributed by atoms with Crippen molar-refractivity contribution < 1.29 is 19.5 Å². The van der Waals surface area contributed by atoms with Crippen LogP contribution in [0.1, 0.15) is 49.9 Å². The van der Waals surface area contributed by atoms with Crippen molar-refractivity contribution in [2.75, 3.05) is 25.5 Å². The molecule has 1 aromatic heterocycles. The van der Waals surface area contributed by atoms with Gasteiger partial charge >= 0.3 is 6.09 Å². The van der Waals surface area contributed by atoms with Crippen molar-refractivity contribution in [2.24, 2.45) is 0 Å². The Bertz CT molecular complexity index is 718. The van der Waals surface area contributed by atoms with Crippen molar-refractivity contribution in [2.45, 2.75) is 45.6 Å². The van der Waals surface area contributed by atoms with Gasteiger partial charge in [0.05, 0.1) is 5.56 Å². The van der Waals surface area contributed by atoms with E-state index in [2.05, 4.69) is 5.32 Å². The Morgan fingerprint density at radius 3 is 2.40 bits per heavy atom. The van der Waals surface area contributed by atoms with Crippen LogP contribution in [-0.4, -0.2) is 58.5 Å². The van der Waals surface area contributed by atoms with Gasteiger partial charge in [-0.15, -0.1) is 11.3 Å². The van der Waals surface area contributed by atoms with E-state index in [0.717, 1.165) is 4.88 Å². The minimum atomic E-state index is -1.22. The van der Waals surface area contributed by atoms with Crippen molar-refractivity contribution in [3.63, 3.8) is 0 Å². The molecule has 2 heterocycles. The zero-order valence-corrected chi connectivity index (χ0v) is 16.3. The summed E-state index contributed by atoms with van der Waals surface area (Å²) in [6.45, 7) is 10.3. The number of carbonyl (C=O) groups is 3. The van der Waals surface area contributed by atoms with Crippen LogP contribution >= 0.6 is 11.3 Å². The maximum Gasteiger partial charge on any atom is 0.409 e. The van der Waals surface area contributed by atoms with Gasteiger partial charge in [0, 0.05) is 25.0 Å². The van der Waals surface area contributed by atoms with Crippen LogP contribution in [0.3, 0.4) is 0 Å². The third-order valence-corrected chi connectivity index (χ3v) is 5.85. The van der Waals surface area contributed by atoms with Crippen LogP contribution in [0, 0.1) is 0 Å². The Balaban J connectivity index is 2.46. The van der Waals surface area contributed by atoms with Crippen molar-refractivity contribution in [3.8, 4) is 0 Å². The number of hydrogen-bond donors (Lipinski definition) is 2. The second kappa shape index (κ2) is 6.33. The van der Waals surface area contributed by atoms with Gasteiger partial charge in [0.15, 0.2) is 0 Å². The Kier molecular flexibility index (Phi) is 4.87. The van der Waals surface area contributed by atoms with Gasteiger partial charge in [-0.25, -0.2) is 4.79 Å². The number of anilines is 1. The highest BCUT2D eigenvalue weighted by molar-refractivity contribution is 7.16. The normalized spacial score (nSPS) is 17.6. The van der Waals surface area contributed by atoms with E-state index in [1.54, 1.807) is 31.9 Å². The number of carboxylic acid groups (broad SMARTS) is 1. The molecular weight excluding hydrogens is 342 g/mol. The minimum Gasteiger partial charge on any atom is -0.465 e. The Morgan fingerprint density at radius 2 is 1.88 bits per heavy atom. The minimum absolute atomic E-state index is 0.133. The Hall–Kier alpha value is -2.09. The molecule has 1 aliphatic heterocycles. The van der Waals surface area contributed by atoms with Crippen LogP contribution in [-0.2, 0) is 10.2 Å². The van der Waals surface area contributed by atoms with Gasteiger partial charge in [0.25, 0.3) is 5.91 Å². The molecule has 1 aliphatic rings. The van der Waals surface area contributed by atoms with Crippen LogP contribution in [0.2, 0.25) is 0 Å². The fourth-order valence-electron chi connectivity index (χ4n) is 2.82. The molecule has 25 heavy (non-hydrogen) atoms. The van der Waals surface area contributed by atoms with E-state index in [-0.39, 0.29) is 17.2 Å². The molecule has 3 amide bonds. The first kappa shape index (κ1) is 19.2. The molecular formula is C17H25N3O4S. The highest BCUT2D eigenvalue weighted by Gasteiger charge is 2.44. The maximum absolute atomic E-state index is 13.1. The van der Waals surface area contributed by atoms with E-state index >= 15 is 0 Å². The number of nitrogens with one attached hydrogen (secondary N) is 1. The number of likely N-dealkylation sites (N-methyl/N-ethyl adjacent to an activating group) is 1. The molecule has 1 aromatic rings. The molecule has 138 valence electrons. The summed E-state index contributed by atoms with van der Waals surface area (Å²) in [7, 11) is 1.71. The lowest BCUT2D eigenvalue weighted by Gasteiger charge is -2.44. The molecule has 0 atom stereocenters. The van der Waals surface area contributed by atoms with Crippen molar-refractivity contribution in [3.05, 3.63) is 16.5 Å². The molecule has 2 N–H and O–H groups in total. The van der Waals surface area contributed by atoms with Crippen molar-refractivity contribution in [1.82, 2.24) is 9.80 Å². The molecule has 0 unspecified atom stereocenters. The summed E-state index contributed by atoms with van der Waals surface area (Å²) in [5.41, 5.74) is -0.900. The number of piperazine rings is 1. The molecule has 0 radical (unpaired) electrons. The summed E-state index contributed by atoms with van der Waals surface area (Å²) in [6.07, 6.45) is -1.22. The maximum atomic E-state index is 13.1. The summed E-state index contributed by atoms with van der Waals surface area (Å²) in [5, 5.41) is 11.7. The zero-order chi connectivity index (χ0) is 19.2. The fraction of sp³-hybridized carbons (Fsp3) is 0.588. The number of hydrogen-bond acceptors (Lipinski definition) is 4. The largest absolute Gasteiger partial charge is 0.465 e. The van der Waals surface area contributed by atoms with Gasteiger partial charge in [-0.1, -0.05) is 20.8 Å². The fourth-order valence-corrected chi connectivity index (χ4v) is 3.92. The van der Waals surface area contributed by atoms with Gasteiger partial charge in [-0.3, -0.25) is 14.9 Å². The average molecular weight is 367 g/mol. The van der Waals surface area contributed by atoms with Crippen molar-refractivity contribution >= 4 is 34.2 Å². The van der Waals surface area contributed by atoms with E-state index in [1.165, 1.54) is 16.2 Å². The zero-order valence-electron chi connectivity index (χ0n) is 15.5. The summed E-state index contributed by atoms with van der Waals surface area (Å²) >= 11 is 1.25. The predicted octanol–water partition coefficient (Wildman–Crippen LogP) is 2.83. The third-order valence-electron chi connectivity index (χ3n) is 4.37. The first-order valence-corrected chi connectivity index (χ1v) is 8.89. The quantitative estimate of drug-likeness (QED) is 0.841. The summed E-state index contributed by atoms with van der Waals surface area (Å²) < 4.78 is 0. The molecule has 0 bridgehead atoms. The standard InChI is InChI=1S/C17H25N3O4S/c1-16(2,3)11-9-10(12(25-11)18-15(23)24)13(21)20-8-7-19(6)14(22)17(20,4)5/h9,18H,7-8H2,1-6H3,(H,23,24). The average Bonchev–Trinajstić information content (AvgIpc) is 2.87. The SMILES string of the molecule is CN1CCN(C(=O)c2cc(C(C)(C)C)sc2NC(=O)O)C(C)(C)C1=O. The second-order valence-electron chi connectivity index (χ2n) is 7.78. The number of carbonyl (C=O) groups excluding carboxylic acids is 2. The van der Waals surface area contributed by atoms with Crippen molar-refractivity contribution in [1.29, 1.82) is 0 Å². The van der Waals surface area contributed by atoms with E-state index in [1.807, 2.05) is 20.8 Å². The summed E-state index contributed by atoms with van der Waals surface area (Å²) in [6, 6.07) is 1.73. The van der Waals surface area contributed by atoms with Crippen LogP contribution in [0.5, 0.6) is 0 Å². The highest BCUT2D eigenvalue weighted by atomic mass is 32.1. The molecule has 0 spiro atoms. The monoisotopic (exact) mass is 367 g/mol. The summed E-state index contributed by atoms with van der Waals surface area (Å²) in [5.74, 6) is -0.465. The highest BCUT2D eigenvalue weighted by Crippen LogP contribution is 2.37. The van der Waals surface area contributed by atoms with Gasteiger partial charge in [0.2, 0.25) is 5.91 Å². The molecule has 0 saturated carbocycles. The number of rotatable bonds is 2. The first-order valence-electron chi connectivity index (χ1n) is 8.07. The van der Waals surface area contributed by atoms with E-state index < -0.39 is 11.6 Å². The topological polar surface area (TPSA) is 89.9 Å². The lowest BCUT2D eigenvalue weighted by Crippen LogP contribution is -2.63.